The standard InChI is InChI=1S/C22H26N2O2/c23-19-8-5-16(6-9-19)14-22(25)24(20-3-1-2-4-20)15-17-7-10-21-18(13-17)11-12-26-21/h5-10,13,20H,1-4,11-12,14-15,23H2. The van der Waals surface area contributed by atoms with Crippen LogP contribution in [-0.4, -0.2) is 23.5 Å². The number of rotatable bonds is 5. The average molecular weight is 350 g/mol. The highest BCUT2D eigenvalue weighted by Gasteiger charge is 2.27. The highest BCUT2D eigenvalue weighted by molar-refractivity contribution is 5.79. The van der Waals surface area contributed by atoms with Crippen molar-refractivity contribution in [2.45, 2.75) is 51.1 Å². The van der Waals surface area contributed by atoms with Gasteiger partial charge in [-0.05, 0) is 47.7 Å². The Morgan fingerprint density at radius 3 is 2.58 bits per heavy atom. The molecule has 0 saturated heterocycles. The second kappa shape index (κ2) is 7.40. The molecule has 2 aromatic rings. The van der Waals surface area contributed by atoms with Crippen LogP contribution in [0.5, 0.6) is 5.75 Å². The summed E-state index contributed by atoms with van der Waals surface area (Å²) < 4.78 is 5.60. The van der Waals surface area contributed by atoms with Crippen LogP contribution >= 0.6 is 0 Å². The molecule has 1 fully saturated rings. The van der Waals surface area contributed by atoms with E-state index >= 15 is 0 Å². The van der Waals surface area contributed by atoms with Crippen molar-refractivity contribution in [1.29, 1.82) is 0 Å². The third-order valence-electron chi connectivity index (χ3n) is 5.53. The maximum absolute atomic E-state index is 13.1. The number of hydrogen-bond donors (Lipinski definition) is 1. The molecule has 0 atom stereocenters. The lowest BCUT2D eigenvalue weighted by atomic mass is 10.1. The third kappa shape index (κ3) is 3.69. The normalized spacial score (nSPS) is 16.3. The number of carbonyl (C=O) groups is 1. The number of nitrogen functional groups attached to an aromatic ring is 1. The van der Waals surface area contributed by atoms with E-state index in [1.165, 1.54) is 24.0 Å². The molecule has 0 unspecified atom stereocenters. The number of amides is 1. The molecule has 1 saturated carbocycles. The van der Waals surface area contributed by atoms with Gasteiger partial charge >= 0.3 is 0 Å². The summed E-state index contributed by atoms with van der Waals surface area (Å²) in [6.07, 6.45) is 6.06. The van der Waals surface area contributed by atoms with Crippen molar-refractivity contribution in [1.82, 2.24) is 4.90 Å². The lowest BCUT2D eigenvalue weighted by Gasteiger charge is -2.29. The highest BCUT2D eigenvalue weighted by atomic mass is 16.5. The van der Waals surface area contributed by atoms with Gasteiger partial charge in [-0.3, -0.25) is 4.79 Å². The van der Waals surface area contributed by atoms with Crippen molar-refractivity contribution >= 4 is 11.6 Å². The van der Waals surface area contributed by atoms with Crippen LogP contribution in [0.3, 0.4) is 0 Å². The van der Waals surface area contributed by atoms with Gasteiger partial charge in [0.1, 0.15) is 5.75 Å². The maximum atomic E-state index is 13.1. The molecule has 1 heterocycles. The summed E-state index contributed by atoms with van der Waals surface area (Å²) in [5, 5.41) is 0. The van der Waals surface area contributed by atoms with Gasteiger partial charge in [0.05, 0.1) is 13.0 Å². The van der Waals surface area contributed by atoms with Crippen LogP contribution in [0.25, 0.3) is 0 Å². The number of nitrogens with zero attached hydrogens (tertiary/aromatic N) is 1. The molecule has 1 amide bonds. The van der Waals surface area contributed by atoms with Gasteiger partial charge in [0.15, 0.2) is 0 Å². The Morgan fingerprint density at radius 2 is 1.81 bits per heavy atom. The number of carbonyl (C=O) groups excluding carboxylic acids is 1. The molecular formula is C22H26N2O2. The monoisotopic (exact) mass is 350 g/mol. The van der Waals surface area contributed by atoms with E-state index in [1.807, 2.05) is 24.3 Å². The van der Waals surface area contributed by atoms with Gasteiger partial charge in [0.2, 0.25) is 5.91 Å². The van der Waals surface area contributed by atoms with Crippen LogP contribution in [0.4, 0.5) is 5.69 Å². The molecule has 0 spiro atoms. The fraction of sp³-hybridized carbons (Fsp3) is 0.409. The molecule has 136 valence electrons. The minimum absolute atomic E-state index is 0.207. The first kappa shape index (κ1) is 17.0. The molecule has 1 aliphatic heterocycles. The first-order valence-electron chi connectivity index (χ1n) is 9.57. The molecule has 2 aliphatic rings. The number of hydrogen-bond acceptors (Lipinski definition) is 3. The lowest BCUT2D eigenvalue weighted by Crippen LogP contribution is -2.39. The van der Waals surface area contributed by atoms with Crippen molar-refractivity contribution < 1.29 is 9.53 Å². The molecule has 0 bridgehead atoms. The van der Waals surface area contributed by atoms with E-state index in [0.29, 0.717) is 19.0 Å². The Bertz CT molecular complexity index is 779. The van der Waals surface area contributed by atoms with Gasteiger partial charge in [0.25, 0.3) is 0 Å². The summed E-state index contributed by atoms with van der Waals surface area (Å²) >= 11 is 0. The number of benzene rings is 2. The Balaban J connectivity index is 1.52. The largest absolute Gasteiger partial charge is 0.493 e. The number of anilines is 1. The van der Waals surface area contributed by atoms with Crippen molar-refractivity contribution in [2.24, 2.45) is 0 Å². The van der Waals surface area contributed by atoms with E-state index in [2.05, 4.69) is 23.1 Å². The van der Waals surface area contributed by atoms with Gasteiger partial charge in [-0.2, -0.15) is 0 Å². The van der Waals surface area contributed by atoms with E-state index in [-0.39, 0.29) is 5.91 Å². The second-order valence-corrected chi connectivity index (χ2v) is 7.42. The summed E-state index contributed by atoms with van der Waals surface area (Å²) in [6.45, 7) is 1.45. The molecule has 26 heavy (non-hydrogen) atoms. The Kier molecular flexibility index (Phi) is 4.83. The van der Waals surface area contributed by atoms with Crippen molar-refractivity contribution in [3.63, 3.8) is 0 Å². The van der Waals surface area contributed by atoms with Gasteiger partial charge in [-0.25, -0.2) is 0 Å². The van der Waals surface area contributed by atoms with E-state index in [9.17, 15) is 4.79 Å². The van der Waals surface area contributed by atoms with Crippen LogP contribution in [0, 0.1) is 0 Å². The first-order chi connectivity index (χ1) is 12.7. The number of nitrogens with two attached hydrogens (primary N) is 1. The fourth-order valence-electron chi connectivity index (χ4n) is 4.08. The molecule has 0 aromatic heterocycles. The summed E-state index contributed by atoms with van der Waals surface area (Å²) in [7, 11) is 0. The van der Waals surface area contributed by atoms with Crippen LogP contribution in [0.2, 0.25) is 0 Å². The average Bonchev–Trinajstić information content (AvgIpc) is 3.32. The topological polar surface area (TPSA) is 55.6 Å². The molecule has 2 N–H and O–H groups in total. The van der Waals surface area contributed by atoms with Gasteiger partial charge in [0, 0.05) is 24.7 Å². The predicted molar refractivity (Wildman–Crippen MR) is 103 cm³/mol. The molecule has 4 rings (SSSR count). The van der Waals surface area contributed by atoms with Gasteiger partial charge in [-0.15, -0.1) is 0 Å². The highest BCUT2D eigenvalue weighted by Crippen LogP contribution is 2.29. The molecule has 2 aromatic carbocycles. The SMILES string of the molecule is Nc1ccc(CC(=O)N(Cc2ccc3c(c2)CCO3)C2CCCC2)cc1. The van der Waals surface area contributed by atoms with E-state index in [0.717, 1.165) is 42.9 Å². The smallest absolute Gasteiger partial charge is 0.227 e. The molecule has 0 radical (unpaired) electrons. The zero-order valence-corrected chi connectivity index (χ0v) is 15.1. The first-order valence-corrected chi connectivity index (χ1v) is 9.57. The Labute approximate surface area is 155 Å². The predicted octanol–water partition coefficient (Wildman–Crippen LogP) is 3.72. The minimum atomic E-state index is 0.207. The lowest BCUT2D eigenvalue weighted by molar-refractivity contribution is -0.133. The molecule has 1 aliphatic carbocycles. The van der Waals surface area contributed by atoms with Crippen LogP contribution in [0.15, 0.2) is 42.5 Å². The summed E-state index contributed by atoms with van der Waals surface area (Å²) in [4.78, 5) is 15.2. The minimum Gasteiger partial charge on any atom is -0.493 e. The third-order valence-corrected chi connectivity index (χ3v) is 5.53. The van der Waals surface area contributed by atoms with Crippen molar-refractivity contribution in [3.8, 4) is 5.75 Å². The summed E-state index contributed by atoms with van der Waals surface area (Å²) in [5.41, 5.74) is 9.98. The number of fused-ring (bicyclic) bond motifs is 1. The van der Waals surface area contributed by atoms with E-state index in [4.69, 9.17) is 10.5 Å². The molecular weight excluding hydrogens is 324 g/mol. The van der Waals surface area contributed by atoms with Gasteiger partial charge < -0.3 is 15.4 Å². The Morgan fingerprint density at radius 1 is 1.08 bits per heavy atom. The summed E-state index contributed by atoms with van der Waals surface area (Å²) in [5.74, 6) is 1.20. The van der Waals surface area contributed by atoms with Crippen LogP contribution < -0.4 is 10.5 Å². The molecule has 4 nitrogen and oxygen atoms in total. The zero-order valence-electron chi connectivity index (χ0n) is 15.1. The van der Waals surface area contributed by atoms with E-state index in [1.54, 1.807) is 0 Å². The number of ether oxygens (including phenoxy) is 1. The van der Waals surface area contributed by atoms with Crippen LogP contribution in [-0.2, 0) is 24.2 Å². The molecule has 4 heteroatoms. The van der Waals surface area contributed by atoms with Crippen LogP contribution in [0.1, 0.15) is 42.4 Å². The van der Waals surface area contributed by atoms with Gasteiger partial charge in [-0.1, -0.05) is 37.1 Å². The zero-order chi connectivity index (χ0) is 17.9. The fourth-order valence-corrected chi connectivity index (χ4v) is 4.08. The van der Waals surface area contributed by atoms with Crippen molar-refractivity contribution in [2.75, 3.05) is 12.3 Å². The maximum Gasteiger partial charge on any atom is 0.227 e. The van der Waals surface area contributed by atoms with E-state index < -0.39 is 0 Å². The second-order valence-electron chi connectivity index (χ2n) is 7.42. The summed E-state index contributed by atoms with van der Waals surface area (Å²) in [6, 6.07) is 14.4. The Hall–Kier alpha value is -2.49. The van der Waals surface area contributed by atoms with Crippen molar-refractivity contribution in [3.05, 3.63) is 59.2 Å². The quantitative estimate of drug-likeness (QED) is 0.836.